The molecule has 0 spiro atoms. The van der Waals surface area contributed by atoms with Crippen molar-refractivity contribution in [3.05, 3.63) is 29.6 Å². The molecule has 0 amide bonds. The van der Waals surface area contributed by atoms with E-state index in [1.807, 2.05) is 18.5 Å². The van der Waals surface area contributed by atoms with Gasteiger partial charge in [-0.3, -0.25) is 4.98 Å². The molecule has 1 rings (SSSR count). The summed E-state index contributed by atoms with van der Waals surface area (Å²) in [6, 6.07) is 2.01. The summed E-state index contributed by atoms with van der Waals surface area (Å²) in [7, 11) is 0. The molecular weight excluding hydrogens is 242 g/mol. The number of aromatic nitrogens is 1. The Bertz CT molecular complexity index is 275. The maximum Gasteiger partial charge on any atom is 0.0299 e. The molecule has 0 N–H and O–H groups in total. The first-order valence-corrected chi connectivity index (χ1v) is 8.59. The second-order valence-electron chi connectivity index (χ2n) is 5.79. The molecule has 0 saturated heterocycles. The number of hydrogen-bond donors (Lipinski definition) is 0. The molecule has 0 aliphatic heterocycles. The van der Waals surface area contributed by atoms with Crippen LogP contribution >= 0.6 is 0 Å². The van der Waals surface area contributed by atoms with Gasteiger partial charge in [0.05, 0.1) is 0 Å². The molecule has 0 aliphatic carbocycles. The SMILES string of the molecule is CCCCCCCCCCCC.Cc1ccncc1C. The summed E-state index contributed by atoms with van der Waals surface area (Å²) in [5.41, 5.74) is 2.56. The van der Waals surface area contributed by atoms with Crippen LogP contribution in [-0.2, 0) is 0 Å². The van der Waals surface area contributed by atoms with Crippen molar-refractivity contribution in [3.8, 4) is 0 Å². The van der Waals surface area contributed by atoms with Crippen LogP contribution < -0.4 is 0 Å². The smallest absolute Gasteiger partial charge is 0.0299 e. The Kier molecular flexibility index (Phi) is 13.9. The highest BCUT2D eigenvalue weighted by Crippen LogP contribution is 2.09. The molecule has 20 heavy (non-hydrogen) atoms. The van der Waals surface area contributed by atoms with E-state index in [2.05, 4.69) is 32.7 Å². The molecule has 0 atom stereocenters. The molecule has 1 heterocycles. The predicted octanol–water partition coefficient (Wildman–Crippen LogP) is 6.63. The minimum absolute atomic E-state index is 1.26. The highest BCUT2D eigenvalue weighted by Gasteiger charge is 1.90. The van der Waals surface area contributed by atoms with Crippen LogP contribution in [0.1, 0.15) is 89.2 Å². The fourth-order valence-corrected chi connectivity index (χ4v) is 2.10. The van der Waals surface area contributed by atoms with E-state index >= 15 is 0 Å². The van der Waals surface area contributed by atoms with Crippen molar-refractivity contribution in [2.24, 2.45) is 0 Å². The summed E-state index contributed by atoms with van der Waals surface area (Å²) < 4.78 is 0. The molecular formula is C19H35N. The first kappa shape index (κ1) is 19.1. The van der Waals surface area contributed by atoms with Gasteiger partial charge in [-0.25, -0.2) is 0 Å². The van der Waals surface area contributed by atoms with Crippen LogP contribution in [0.2, 0.25) is 0 Å². The van der Waals surface area contributed by atoms with Gasteiger partial charge >= 0.3 is 0 Å². The van der Waals surface area contributed by atoms with Crippen molar-refractivity contribution < 1.29 is 0 Å². The van der Waals surface area contributed by atoms with E-state index in [0.717, 1.165) is 0 Å². The Hall–Kier alpha value is -0.850. The topological polar surface area (TPSA) is 12.9 Å². The molecule has 1 aromatic heterocycles. The first-order chi connectivity index (χ1) is 9.72. The minimum atomic E-state index is 1.26. The zero-order chi connectivity index (χ0) is 15.1. The lowest BCUT2D eigenvalue weighted by Crippen LogP contribution is -1.80. The van der Waals surface area contributed by atoms with E-state index in [-0.39, 0.29) is 0 Å². The number of hydrogen-bond acceptors (Lipinski definition) is 1. The largest absolute Gasteiger partial charge is 0.264 e. The standard InChI is InChI=1S/C12H26.C7H9N/c1-3-5-7-9-11-12-10-8-6-4-2;1-6-3-4-8-5-7(6)2/h3-12H2,1-2H3;3-5H,1-2H3. The van der Waals surface area contributed by atoms with Crippen molar-refractivity contribution in [3.63, 3.8) is 0 Å². The van der Waals surface area contributed by atoms with E-state index in [0.29, 0.717) is 0 Å². The van der Waals surface area contributed by atoms with Gasteiger partial charge in [-0.2, -0.15) is 0 Å². The molecule has 0 bridgehead atoms. The Balaban J connectivity index is 0.000000388. The lowest BCUT2D eigenvalue weighted by molar-refractivity contribution is 0.562. The zero-order valence-electron chi connectivity index (χ0n) is 14.3. The predicted molar refractivity (Wildman–Crippen MR) is 91.2 cm³/mol. The lowest BCUT2D eigenvalue weighted by atomic mass is 10.1. The fraction of sp³-hybridized carbons (Fsp3) is 0.737. The average molecular weight is 277 g/mol. The second-order valence-corrected chi connectivity index (χ2v) is 5.79. The van der Waals surface area contributed by atoms with E-state index in [1.54, 1.807) is 0 Å². The van der Waals surface area contributed by atoms with Crippen LogP contribution in [0, 0.1) is 13.8 Å². The lowest BCUT2D eigenvalue weighted by Gasteiger charge is -1.99. The molecule has 1 heteroatoms. The van der Waals surface area contributed by atoms with E-state index in [4.69, 9.17) is 0 Å². The van der Waals surface area contributed by atoms with E-state index in [1.165, 1.54) is 75.3 Å². The van der Waals surface area contributed by atoms with Crippen molar-refractivity contribution in [2.45, 2.75) is 91.9 Å². The van der Waals surface area contributed by atoms with Gasteiger partial charge in [-0.05, 0) is 31.0 Å². The summed E-state index contributed by atoms with van der Waals surface area (Å²) >= 11 is 0. The first-order valence-electron chi connectivity index (χ1n) is 8.59. The second kappa shape index (κ2) is 14.6. The highest BCUT2D eigenvalue weighted by atomic mass is 14.6. The number of aryl methyl sites for hydroxylation is 2. The molecule has 0 fully saturated rings. The number of unbranched alkanes of at least 4 members (excludes halogenated alkanes) is 9. The van der Waals surface area contributed by atoms with Gasteiger partial charge in [0.2, 0.25) is 0 Å². The summed E-state index contributed by atoms with van der Waals surface area (Å²) in [5.74, 6) is 0. The third kappa shape index (κ3) is 12.2. The number of nitrogens with zero attached hydrogens (tertiary/aromatic N) is 1. The molecule has 1 aromatic rings. The molecule has 0 aliphatic rings. The van der Waals surface area contributed by atoms with Crippen LogP contribution in [0.4, 0.5) is 0 Å². The number of pyridine rings is 1. The van der Waals surface area contributed by atoms with Crippen molar-refractivity contribution in [2.75, 3.05) is 0 Å². The summed E-state index contributed by atoms with van der Waals surface area (Å²) in [6.45, 7) is 8.70. The summed E-state index contributed by atoms with van der Waals surface area (Å²) in [4.78, 5) is 3.95. The minimum Gasteiger partial charge on any atom is -0.264 e. The van der Waals surface area contributed by atoms with Gasteiger partial charge in [-0.15, -0.1) is 0 Å². The van der Waals surface area contributed by atoms with E-state index in [9.17, 15) is 0 Å². The van der Waals surface area contributed by atoms with Crippen LogP contribution in [-0.4, -0.2) is 4.98 Å². The third-order valence-electron chi connectivity index (χ3n) is 3.76. The number of rotatable bonds is 9. The Morgan fingerprint density at radius 3 is 1.45 bits per heavy atom. The maximum atomic E-state index is 3.95. The van der Waals surface area contributed by atoms with Gasteiger partial charge in [-0.1, -0.05) is 78.1 Å². The molecule has 0 aromatic carbocycles. The average Bonchev–Trinajstić information content (AvgIpc) is 2.46. The monoisotopic (exact) mass is 277 g/mol. The van der Waals surface area contributed by atoms with Crippen molar-refractivity contribution >= 4 is 0 Å². The molecule has 0 saturated carbocycles. The third-order valence-corrected chi connectivity index (χ3v) is 3.76. The van der Waals surface area contributed by atoms with Gasteiger partial charge in [0.1, 0.15) is 0 Å². The van der Waals surface area contributed by atoms with E-state index < -0.39 is 0 Å². The zero-order valence-corrected chi connectivity index (χ0v) is 14.3. The molecule has 0 radical (unpaired) electrons. The van der Waals surface area contributed by atoms with Crippen molar-refractivity contribution in [1.29, 1.82) is 0 Å². The van der Waals surface area contributed by atoms with Crippen LogP contribution in [0.25, 0.3) is 0 Å². The Labute approximate surface area is 127 Å². The van der Waals surface area contributed by atoms with Crippen LogP contribution in [0.3, 0.4) is 0 Å². The quantitative estimate of drug-likeness (QED) is 0.462. The highest BCUT2D eigenvalue weighted by molar-refractivity contribution is 5.18. The maximum absolute atomic E-state index is 3.95. The van der Waals surface area contributed by atoms with Crippen LogP contribution in [0.5, 0.6) is 0 Å². The van der Waals surface area contributed by atoms with Crippen molar-refractivity contribution in [1.82, 2.24) is 4.98 Å². The molecule has 0 unspecified atom stereocenters. The van der Waals surface area contributed by atoms with Gasteiger partial charge in [0, 0.05) is 12.4 Å². The van der Waals surface area contributed by atoms with Crippen LogP contribution in [0.15, 0.2) is 18.5 Å². The van der Waals surface area contributed by atoms with Gasteiger partial charge in [0.15, 0.2) is 0 Å². The molecule has 116 valence electrons. The fourth-order valence-electron chi connectivity index (χ4n) is 2.10. The molecule has 1 nitrogen and oxygen atoms in total. The van der Waals surface area contributed by atoms with Gasteiger partial charge in [0.25, 0.3) is 0 Å². The summed E-state index contributed by atoms with van der Waals surface area (Å²) in [6.07, 6.45) is 18.1. The summed E-state index contributed by atoms with van der Waals surface area (Å²) in [5, 5.41) is 0. The Morgan fingerprint density at radius 2 is 1.15 bits per heavy atom. The van der Waals surface area contributed by atoms with Gasteiger partial charge < -0.3 is 0 Å². The normalized spacial score (nSPS) is 10.0. The Morgan fingerprint density at radius 1 is 0.700 bits per heavy atom.